The predicted octanol–water partition coefficient (Wildman–Crippen LogP) is 2.71. The van der Waals surface area contributed by atoms with Crippen molar-refractivity contribution in [1.29, 1.82) is 0 Å². The molecule has 0 aromatic heterocycles. The Morgan fingerprint density at radius 1 is 0.880 bits per heavy atom. The SMILES string of the molecule is COC(=O)C12CC3(C)CC(C=C(C)C(=O)O)(C1)CC(C(=O)OC)(C3)C2. The summed E-state index contributed by atoms with van der Waals surface area (Å²) in [6.45, 7) is 3.66. The van der Waals surface area contributed by atoms with E-state index in [1.165, 1.54) is 14.2 Å². The highest BCUT2D eigenvalue weighted by Gasteiger charge is 2.71. The minimum atomic E-state index is -0.972. The Hall–Kier alpha value is -1.85. The first-order chi connectivity index (χ1) is 11.5. The van der Waals surface area contributed by atoms with Crippen LogP contribution in [0.2, 0.25) is 0 Å². The van der Waals surface area contributed by atoms with Gasteiger partial charge in [0.25, 0.3) is 0 Å². The second-order valence-electron chi connectivity index (χ2n) is 8.91. The molecule has 4 rings (SSSR count). The van der Waals surface area contributed by atoms with Crippen molar-refractivity contribution in [2.45, 2.75) is 52.4 Å². The third-order valence-corrected chi connectivity index (χ3v) is 6.46. The number of methoxy groups -OCH3 is 2. The molecular formula is C19H26O6. The topological polar surface area (TPSA) is 89.9 Å². The molecule has 0 amide bonds. The largest absolute Gasteiger partial charge is 0.478 e. The molecule has 0 spiro atoms. The summed E-state index contributed by atoms with van der Waals surface area (Å²) in [6.07, 6.45) is 5.40. The van der Waals surface area contributed by atoms with Crippen LogP contribution >= 0.6 is 0 Å². The highest BCUT2D eigenvalue weighted by atomic mass is 16.5. The summed E-state index contributed by atoms with van der Waals surface area (Å²) < 4.78 is 10.2. The van der Waals surface area contributed by atoms with Crippen LogP contribution in [-0.2, 0) is 23.9 Å². The molecule has 4 aliphatic rings. The molecule has 2 atom stereocenters. The molecule has 0 heterocycles. The van der Waals surface area contributed by atoms with E-state index in [4.69, 9.17) is 9.47 Å². The van der Waals surface area contributed by atoms with Crippen molar-refractivity contribution in [2.24, 2.45) is 21.7 Å². The highest BCUT2D eigenvalue weighted by Crippen LogP contribution is 2.74. The van der Waals surface area contributed by atoms with E-state index in [1.54, 1.807) is 13.0 Å². The molecular weight excluding hydrogens is 324 g/mol. The van der Waals surface area contributed by atoms with Crippen LogP contribution in [0.4, 0.5) is 0 Å². The van der Waals surface area contributed by atoms with Crippen LogP contribution in [0.15, 0.2) is 11.6 Å². The average molecular weight is 350 g/mol. The molecule has 1 N–H and O–H groups in total. The van der Waals surface area contributed by atoms with Gasteiger partial charge in [0.05, 0.1) is 25.0 Å². The molecule has 4 aliphatic carbocycles. The lowest BCUT2D eigenvalue weighted by molar-refractivity contribution is -0.214. The lowest BCUT2D eigenvalue weighted by Gasteiger charge is -2.67. The molecule has 0 radical (unpaired) electrons. The summed E-state index contributed by atoms with van der Waals surface area (Å²) in [7, 11) is 2.75. The van der Waals surface area contributed by atoms with Crippen molar-refractivity contribution >= 4 is 17.9 Å². The molecule has 6 nitrogen and oxygen atoms in total. The van der Waals surface area contributed by atoms with Gasteiger partial charge in [-0.15, -0.1) is 0 Å². The molecule has 25 heavy (non-hydrogen) atoms. The Bertz CT molecular complexity index is 643. The number of ether oxygens (including phenoxy) is 2. The van der Waals surface area contributed by atoms with Gasteiger partial charge in [0.2, 0.25) is 0 Å². The van der Waals surface area contributed by atoms with E-state index in [-0.39, 0.29) is 22.9 Å². The van der Waals surface area contributed by atoms with Crippen molar-refractivity contribution in [3.63, 3.8) is 0 Å². The van der Waals surface area contributed by atoms with Crippen molar-refractivity contribution in [3.05, 3.63) is 11.6 Å². The van der Waals surface area contributed by atoms with E-state index >= 15 is 0 Å². The summed E-state index contributed by atoms with van der Waals surface area (Å²) in [4.78, 5) is 36.8. The number of carboxylic acids is 1. The van der Waals surface area contributed by atoms with Crippen LogP contribution in [-0.4, -0.2) is 37.2 Å². The molecule has 0 aromatic rings. The van der Waals surface area contributed by atoms with Crippen LogP contribution in [0.3, 0.4) is 0 Å². The number of hydrogen-bond donors (Lipinski definition) is 1. The van der Waals surface area contributed by atoms with Crippen molar-refractivity contribution in [2.75, 3.05) is 14.2 Å². The van der Waals surface area contributed by atoms with Gasteiger partial charge in [-0.3, -0.25) is 9.59 Å². The zero-order valence-electron chi connectivity index (χ0n) is 15.3. The molecule has 138 valence electrons. The predicted molar refractivity (Wildman–Crippen MR) is 88.5 cm³/mol. The summed E-state index contributed by atoms with van der Waals surface area (Å²) in [5.41, 5.74) is -1.95. The number of rotatable bonds is 4. The van der Waals surface area contributed by atoms with Gasteiger partial charge in [0.1, 0.15) is 0 Å². The minimum Gasteiger partial charge on any atom is -0.478 e. The van der Waals surface area contributed by atoms with Crippen molar-refractivity contribution in [3.8, 4) is 0 Å². The normalized spacial score (nSPS) is 42.2. The van der Waals surface area contributed by atoms with Crippen LogP contribution in [0.5, 0.6) is 0 Å². The summed E-state index contributed by atoms with van der Waals surface area (Å²) in [6, 6.07) is 0. The van der Waals surface area contributed by atoms with E-state index in [1.807, 2.05) is 0 Å². The Morgan fingerprint density at radius 3 is 1.76 bits per heavy atom. The fourth-order valence-corrected chi connectivity index (χ4v) is 6.77. The van der Waals surface area contributed by atoms with Gasteiger partial charge in [-0.1, -0.05) is 13.0 Å². The number of carboxylic acid groups (broad SMARTS) is 1. The standard InChI is InChI=1S/C19H26O6/c1-12(13(20)21)5-17-6-16(2)7-18(9-17,14(22)24-3)11-19(8-16,10-17)15(23)25-4/h5H,6-11H2,1-4H3,(H,20,21). The van der Waals surface area contributed by atoms with E-state index in [0.717, 1.165) is 6.42 Å². The number of carbonyl (C=O) groups excluding carboxylic acids is 2. The van der Waals surface area contributed by atoms with Gasteiger partial charge in [0, 0.05) is 5.57 Å². The second kappa shape index (κ2) is 5.32. The Kier molecular flexibility index (Phi) is 3.82. The molecule has 4 saturated carbocycles. The molecule has 6 heteroatoms. The molecule has 2 unspecified atom stereocenters. The first-order valence-electron chi connectivity index (χ1n) is 8.63. The highest BCUT2D eigenvalue weighted by molar-refractivity contribution is 5.87. The van der Waals surface area contributed by atoms with Crippen LogP contribution < -0.4 is 0 Å². The lowest BCUT2D eigenvalue weighted by atomic mass is 9.35. The van der Waals surface area contributed by atoms with E-state index < -0.39 is 22.2 Å². The van der Waals surface area contributed by atoms with Gasteiger partial charge < -0.3 is 14.6 Å². The minimum absolute atomic E-state index is 0.216. The monoisotopic (exact) mass is 350 g/mol. The zero-order valence-corrected chi connectivity index (χ0v) is 15.3. The van der Waals surface area contributed by atoms with Gasteiger partial charge >= 0.3 is 17.9 Å². The summed E-state index contributed by atoms with van der Waals surface area (Å²) in [5.74, 6) is -1.56. The Morgan fingerprint density at radius 2 is 1.36 bits per heavy atom. The zero-order chi connectivity index (χ0) is 18.7. The fraction of sp³-hybridized carbons (Fsp3) is 0.737. The Labute approximate surface area is 147 Å². The number of aliphatic carboxylic acids is 1. The number of esters is 2. The number of carbonyl (C=O) groups is 3. The maximum absolute atomic E-state index is 12.7. The average Bonchev–Trinajstić information content (AvgIpc) is 2.50. The second-order valence-corrected chi connectivity index (χ2v) is 8.91. The van der Waals surface area contributed by atoms with Crippen LogP contribution in [0, 0.1) is 21.7 Å². The first kappa shape index (κ1) is 18.0. The number of hydrogen-bond acceptors (Lipinski definition) is 5. The van der Waals surface area contributed by atoms with Gasteiger partial charge in [0.15, 0.2) is 0 Å². The third kappa shape index (κ3) is 2.57. The van der Waals surface area contributed by atoms with Gasteiger partial charge in [-0.25, -0.2) is 4.79 Å². The van der Waals surface area contributed by atoms with Crippen LogP contribution in [0.25, 0.3) is 0 Å². The Balaban J connectivity index is 2.16. The maximum Gasteiger partial charge on any atom is 0.330 e. The summed E-state index contributed by atoms with van der Waals surface area (Å²) >= 11 is 0. The smallest absolute Gasteiger partial charge is 0.330 e. The van der Waals surface area contributed by atoms with E-state index in [9.17, 15) is 19.5 Å². The van der Waals surface area contributed by atoms with Crippen molar-refractivity contribution in [1.82, 2.24) is 0 Å². The lowest BCUT2D eigenvalue weighted by Crippen LogP contribution is -2.64. The molecule has 4 fully saturated rings. The van der Waals surface area contributed by atoms with Gasteiger partial charge in [-0.05, 0) is 56.3 Å². The molecule has 0 saturated heterocycles. The first-order valence-corrected chi connectivity index (χ1v) is 8.63. The van der Waals surface area contributed by atoms with E-state index in [2.05, 4.69) is 6.92 Å². The summed E-state index contributed by atoms with van der Waals surface area (Å²) in [5, 5.41) is 9.34. The third-order valence-electron chi connectivity index (χ3n) is 6.46. The maximum atomic E-state index is 12.7. The molecule has 0 aliphatic heterocycles. The quantitative estimate of drug-likeness (QED) is 0.619. The van der Waals surface area contributed by atoms with Crippen LogP contribution in [0.1, 0.15) is 52.4 Å². The fourth-order valence-electron chi connectivity index (χ4n) is 6.77. The molecule has 4 bridgehead atoms. The molecule has 0 aromatic carbocycles. The van der Waals surface area contributed by atoms with E-state index in [0.29, 0.717) is 32.1 Å². The van der Waals surface area contributed by atoms with Crippen molar-refractivity contribution < 1.29 is 29.0 Å². The van der Waals surface area contributed by atoms with Gasteiger partial charge in [-0.2, -0.15) is 0 Å². The number of allylic oxidation sites excluding steroid dienone is 1.